The van der Waals surface area contributed by atoms with Gasteiger partial charge >= 0.3 is 0 Å². The normalized spacial score (nSPS) is 15.3. The van der Waals surface area contributed by atoms with E-state index >= 15 is 0 Å². The second-order valence-corrected chi connectivity index (χ2v) is 45.7. The Balaban J connectivity index is 0.526. The molecule has 0 N–H and O–H groups in total. The molecule has 22 aromatic carbocycles. The Hall–Kier alpha value is -15.7. The van der Waals surface area contributed by atoms with Crippen LogP contribution >= 0.6 is 69.7 Å². The Morgan fingerprint density at radius 3 is 0.785 bits per heavy atom. The van der Waals surface area contributed by atoms with Crippen LogP contribution in [0.1, 0.15) is 89.0 Å². The number of benzene rings is 22. The lowest BCUT2D eigenvalue weighted by atomic mass is 9.67. The van der Waals surface area contributed by atoms with Crippen molar-refractivity contribution in [3.05, 3.63) is 574 Å². The average molecular weight is 1930 g/mol. The zero-order chi connectivity index (χ0) is 94.0. The van der Waals surface area contributed by atoms with E-state index in [1.165, 1.54) is 246 Å². The first-order valence-corrected chi connectivity index (χ1v) is 54.4. The minimum Gasteiger partial charge on any atom is -0.310 e. The molecule has 0 amide bonds. The molecule has 144 heavy (non-hydrogen) atoms. The van der Waals surface area contributed by atoms with Crippen LogP contribution in [-0.4, -0.2) is 0 Å². The number of thiophene rings is 2. The van der Waals surface area contributed by atoms with Crippen LogP contribution in [0, 0.1) is 0 Å². The van der Waals surface area contributed by atoms with Crippen LogP contribution in [-0.2, 0) is 21.7 Å². The van der Waals surface area contributed by atoms with Crippen LogP contribution in [0.2, 0.25) is 0 Å². The van der Waals surface area contributed by atoms with E-state index in [2.05, 4.69) is 495 Å². The van der Waals surface area contributed by atoms with Gasteiger partial charge in [0, 0.05) is 114 Å². The molecule has 4 aliphatic heterocycles. The zero-order valence-electron chi connectivity index (χ0n) is 77.5. The van der Waals surface area contributed by atoms with Gasteiger partial charge in [0.2, 0.25) is 0 Å². The number of nitrogens with zero attached hydrogens (tertiary/aromatic N) is 2. The summed E-state index contributed by atoms with van der Waals surface area (Å²) in [6.07, 6.45) is 0. The zero-order valence-corrected chi connectivity index (χ0v) is 82.4. The third-order valence-electron chi connectivity index (χ3n) is 32.6. The first kappa shape index (κ1) is 81.9. The molecule has 2 nitrogen and oxygen atoms in total. The second kappa shape index (κ2) is 30.9. The summed E-state index contributed by atoms with van der Waals surface area (Å²) in [7, 11) is 0. The van der Waals surface area contributed by atoms with Crippen LogP contribution in [0.4, 0.5) is 34.1 Å². The van der Waals surface area contributed by atoms with Crippen molar-refractivity contribution in [3.8, 4) is 77.9 Å². The van der Waals surface area contributed by atoms with E-state index in [-0.39, 0.29) is 0 Å². The van der Waals surface area contributed by atoms with Crippen molar-refractivity contribution in [1.82, 2.24) is 0 Å². The lowest BCUT2D eigenvalue weighted by Gasteiger charge is -2.40. The predicted octanol–water partition coefficient (Wildman–Crippen LogP) is 37.7. The van der Waals surface area contributed by atoms with E-state index in [1.54, 1.807) is 0 Å². The van der Waals surface area contributed by atoms with Crippen LogP contribution in [0.5, 0.6) is 0 Å². The fraction of sp³-hybridized carbons (Fsp3) is 0.0294. The topological polar surface area (TPSA) is 6.48 Å². The summed E-state index contributed by atoms with van der Waals surface area (Å²) in [5.41, 5.74) is 42.4. The van der Waals surface area contributed by atoms with Crippen LogP contribution < -0.4 is 9.80 Å². The summed E-state index contributed by atoms with van der Waals surface area (Å²) < 4.78 is 5.16. The second-order valence-electron chi connectivity index (χ2n) is 39.3. The fourth-order valence-corrected chi connectivity index (χ4v) is 33.9. The van der Waals surface area contributed by atoms with E-state index in [0.29, 0.717) is 0 Å². The third kappa shape index (κ3) is 11.2. The Morgan fingerprint density at radius 2 is 0.396 bits per heavy atom. The molecule has 0 fully saturated rings. The van der Waals surface area contributed by atoms with Gasteiger partial charge in [-0.25, -0.2) is 0 Å². The largest absolute Gasteiger partial charge is 0.310 e. The Morgan fingerprint density at radius 1 is 0.139 bits per heavy atom. The maximum Gasteiger partial charge on any atom is 0.0736 e. The molecule has 4 spiro atoms. The highest BCUT2D eigenvalue weighted by Crippen LogP contribution is 2.70. The minimum atomic E-state index is -0.685. The van der Waals surface area contributed by atoms with Crippen molar-refractivity contribution in [2.75, 3.05) is 9.80 Å². The molecule has 0 saturated heterocycles. The molecule has 8 aliphatic rings. The summed E-state index contributed by atoms with van der Waals surface area (Å²) in [6.45, 7) is 0. The highest BCUT2D eigenvalue weighted by molar-refractivity contribution is 8.00. The molecule has 32 rings (SSSR count). The minimum absolute atomic E-state index is 0.571. The van der Waals surface area contributed by atoms with E-state index in [4.69, 9.17) is 0 Å². The van der Waals surface area contributed by atoms with Gasteiger partial charge in [0.15, 0.2) is 0 Å². The van der Waals surface area contributed by atoms with Crippen molar-refractivity contribution in [2.45, 2.75) is 60.8 Å². The van der Waals surface area contributed by atoms with Gasteiger partial charge in [-0.2, -0.15) is 0 Å². The van der Waals surface area contributed by atoms with Gasteiger partial charge in [-0.05, 0) is 319 Å². The molecule has 0 radical (unpaired) electrons. The summed E-state index contributed by atoms with van der Waals surface area (Å²) in [6, 6.07) is 187. The highest BCUT2D eigenvalue weighted by atomic mass is 32.2. The maximum atomic E-state index is 2.57. The summed E-state index contributed by atoms with van der Waals surface area (Å²) >= 11 is 11.4. The van der Waals surface area contributed by atoms with E-state index in [9.17, 15) is 0 Å². The maximum absolute atomic E-state index is 2.57. The van der Waals surface area contributed by atoms with Gasteiger partial charge in [-0.3, -0.25) is 0 Å². The van der Waals surface area contributed by atoms with Gasteiger partial charge < -0.3 is 9.80 Å². The quantitative estimate of drug-likeness (QED) is 0.141. The molecule has 670 valence electrons. The molecule has 4 aliphatic carbocycles. The van der Waals surface area contributed by atoms with Crippen molar-refractivity contribution in [1.29, 1.82) is 0 Å². The Bertz CT molecular complexity index is 9400. The molecule has 6 heterocycles. The predicted molar refractivity (Wildman–Crippen MR) is 604 cm³/mol. The third-order valence-corrected chi connectivity index (χ3v) is 39.5. The van der Waals surface area contributed by atoms with Crippen LogP contribution in [0.3, 0.4) is 0 Å². The lowest BCUT2D eigenvalue weighted by Crippen LogP contribution is -2.32. The standard InChI is InChI=1S/C136H80N2S6/c1-6-33-105-93(26-1)97-67-63-88(77-117(97)133(105)109-37-10-18-45-124(109)140-125-46-19-11-38-110(125)133)137(86-59-52-81(53-60-86)83-57-72-122-103(74-83)101-30-5-17-44-121(101)139-122)91-66-70-100-96-29-4-9-36-108(96)136(120(100)80-91)115-43-16-24-51-130(115)143-131-76-85(56-71-116(131)136)84-58-73-123-104(75-84)102-32-25-31-92(132(102)144-123)82-54-61-87(62-55-82)138(89-64-68-98-94-27-2-7-34-106(94)134(118(98)78-89)111-39-12-20-47-126(111)141-127-48-21-13-40-112(127)134)90-65-69-99-95-28-3-8-35-107(95)135(119(99)79-90)113-41-14-22-49-128(113)142-129-50-23-15-42-114(129)135/h1-80H/t136-/m0/s1. The Labute approximate surface area is 859 Å². The number of fused-ring (bicyclic) bond motifs is 42. The van der Waals surface area contributed by atoms with Gasteiger partial charge in [0.25, 0.3) is 0 Å². The van der Waals surface area contributed by atoms with Crippen LogP contribution in [0.15, 0.2) is 524 Å². The van der Waals surface area contributed by atoms with Gasteiger partial charge in [-0.1, -0.05) is 381 Å². The van der Waals surface area contributed by atoms with Crippen molar-refractivity contribution >= 4 is 144 Å². The highest BCUT2D eigenvalue weighted by Gasteiger charge is 2.56. The monoisotopic (exact) mass is 1930 g/mol. The van der Waals surface area contributed by atoms with E-state index in [1.807, 2.05) is 69.7 Å². The molecule has 8 heteroatoms. The average Bonchev–Trinajstić information content (AvgIpc) is 1.52. The summed E-state index contributed by atoms with van der Waals surface area (Å²) in [5.74, 6) is 0. The molecule has 1 atom stereocenters. The molecule has 0 bridgehead atoms. The number of hydrogen-bond acceptors (Lipinski definition) is 8. The van der Waals surface area contributed by atoms with Gasteiger partial charge in [0.05, 0.1) is 21.7 Å². The molecule has 2 aromatic heterocycles. The summed E-state index contributed by atoms with van der Waals surface area (Å²) in [5, 5.41) is 5.12. The molecule has 0 saturated carbocycles. The first-order chi connectivity index (χ1) is 71.3. The number of anilines is 6. The summed E-state index contributed by atoms with van der Waals surface area (Å²) in [4.78, 5) is 15.4. The van der Waals surface area contributed by atoms with Crippen molar-refractivity contribution in [3.63, 3.8) is 0 Å². The Kier molecular flexibility index (Phi) is 17.6. The van der Waals surface area contributed by atoms with Gasteiger partial charge in [0.1, 0.15) is 0 Å². The molecular formula is C136H80N2S6. The number of hydrogen-bond donors (Lipinski definition) is 0. The molecule has 0 unspecified atom stereocenters. The first-order valence-electron chi connectivity index (χ1n) is 49.5. The smallest absolute Gasteiger partial charge is 0.0736 e. The van der Waals surface area contributed by atoms with Crippen molar-refractivity contribution < 1.29 is 0 Å². The number of rotatable bonds is 9. The van der Waals surface area contributed by atoms with E-state index < -0.39 is 21.7 Å². The van der Waals surface area contributed by atoms with Gasteiger partial charge in [-0.15, -0.1) is 22.7 Å². The molecular weight excluding hydrogens is 1850 g/mol. The molecule has 24 aromatic rings. The lowest BCUT2D eigenvalue weighted by molar-refractivity contribution is 0.721. The van der Waals surface area contributed by atoms with Crippen LogP contribution in [0.25, 0.3) is 118 Å². The van der Waals surface area contributed by atoms with E-state index in [0.717, 1.165) is 34.1 Å². The SMILES string of the molecule is c1ccc2c(c1)Sc1ccccc1C21c2ccccc2-c2ccc(N(c3ccc(-c4cccc5c4sc4ccc(-c6ccc7c(c6)Sc6ccccc6[C@@]76c7ccccc7-c7ccc(N(c8ccc(-c9ccc%10sc%11ccccc%11c%10c9)cc8)c8ccc9c(c8)C8(c%10ccccc%10Sc%10ccccc%108)c8ccccc8-9)cc76)cc45)cc3)c3ccc4c(c3)C3(c5ccccc5Sc5ccccc53)c3ccccc3-4)cc21. The fourth-order valence-electron chi connectivity index (χ4n) is 26.8. The van der Waals surface area contributed by atoms with Crippen molar-refractivity contribution in [2.24, 2.45) is 0 Å².